The van der Waals surface area contributed by atoms with Gasteiger partial charge in [0.05, 0.1) is 0 Å². The lowest BCUT2D eigenvalue weighted by atomic mass is 10.4. The van der Waals surface area contributed by atoms with E-state index in [1.165, 1.54) is 0 Å². The third-order valence-corrected chi connectivity index (χ3v) is 20.0. The Morgan fingerprint density at radius 1 is 0.773 bits per heavy atom. The summed E-state index contributed by atoms with van der Waals surface area (Å²) in [5, 5.41) is 1.09. The van der Waals surface area contributed by atoms with Gasteiger partial charge in [0.15, 0.2) is 0 Å². The van der Waals surface area contributed by atoms with Gasteiger partial charge in [-0.25, -0.2) is 0 Å². The van der Waals surface area contributed by atoms with Crippen LogP contribution in [0.2, 0.25) is 39.3 Å². The van der Waals surface area contributed by atoms with Crippen molar-refractivity contribution < 1.29 is 16.5 Å². The molecule has 124 valence electrons. The maximum Gasteiger partial charge on any atom is 0.351 e. The van der Waals surface area contributed by atoms with Gasteiger partial charge in [0.1, 0.15) is 0 Å². The Morgan fingerprint density at radius 3 is 1.86 bits per heavy atom. The number of hydrogen-bond acceptors (Lipinski definition) is 5. The molecule has 1 aromatic rings. The van der Waals surface area contributed by atoms with Gasteiger partial charge >= 0.3 is 34.2 Å². The lowest BCUT2D eigenvalue weighted by Gasteiger charge is -2.48. The number of nitrogens with two attached hydrogens (primary N) is 1. The smallest absolute Gasteiger partial charge is 0.351 e. The molecule has 9 heteroatoms. The molecule has 0 spiro atoms. The van der Waals surface area contributed by atoms with Gasteiger partial charge in [0.25, 0.3) is 0 Å². The van der Waals surface area contributed by atoms with Crippen LogP contribution in [0.15, 0.2) is 30.3 Å². The molecule has 2 unspecified atom stereocenters. The first-order chi connectivity index (χ1) is 9.99. The first-order valence-corrected chi connectivity index (χ1v) is 18.0. The molecule has 1 saturated heterocycles. The van der Waals surface area contributed by atoms with Crippen LogP contribution in [-0.4, -0.2) is 40.4 Å². The predicted octanol–water partition coefficient (Wildman–Crippen LogP) is 2.02. The molecule has 0 aliphatic carbocycles. The molecule has 22 heavy (non-hydrogen) atoms. The van der Waals surface area contributed by atoms with E-state index in [4.69, 9.17) is 22.2 Å². The minimum absolute atomic E-state index is 0.396. The maximum atomic E-state index is 6.57. The fourth-order valence-electron chi connectivity index (χ4n) is 3.02. The zero-order valence-electron chi connectivity index (χ0n) is 14.3. The van der Waals surface area contributed by atoms with Crippen LogP contribution in [-0.2, 0) is 16.5 Å². The van der Waals surface area contributed by atoms with E-state index in [9.17, 15) is 0 Å². The van der Waals surface area contributed by atoms with E-state index in [1.807, 2.05) is 37.8 Å². The standard InChI is InChI=1S/C13H27NO4Si4/c1-19(2)15-20(3,4)17-22(6,13-10-8-7-9-11-13)18-21(5,12-14)16-19/h7-11H,12,14H2,1-6H3. The first kappa shape index (κ1) is 18.2. The molecule has 2 atom stereocenters. The van der Waals surface area contributed by atoms with Crippen molar-refractivity contribution in [1.29, 1.82) is 0 Å². The molecule has 1 aromatic carbocycles. The summed E-state index contributed by atoms with van der Waals surface area (Å²) < 4.78 is 25.8. The molecule has 2 rings (SSSR count). The van der Waals surface area contributed by atoms with Crippen molar-refractivity contribution in [2.45, 2.75) is 39.3 Å². The quantitative estimate of drug-likeness (QED) is 0.804. The highest BCUT2D eigenvalue weighted by molar-refractivity contribution is 6.97. The summed E-state index contributed by atoms with van der Waals surface area (Å²) in [6.07, 6.45) is 0.396. The first-order valence-electron chi connectivity index (χ1n) is 7.56. The third-order valence-electron chi connectivity index (χ3n) is 3.47. The Morgan fingerprint density at radius 2 is 1.32 bits per heavy atom. The Bertz CT molecular complexity index is 530. The Balaban J connectivity index is 2.46. The fraction of sp³-hybridized carbons (Fsp3) is 0.538. The lowest BCUT2D eigenvalue weighted by molar-refractivity contribution is 0.239. The molecule has 0 bridgehead atoms. The van der Waals surface area contributed by atoms with E-state index in [0.29, 0.717) is 6.17 Å². The van der Waals surface area contributed by atoms with E-state index in [2.05, 4.69) is 31.8 Å². The number of benzene rings is 1. The van der Waals surface area contributed by atoms with Crippen LogP contribution in [0.25, 0.3) is 0 Å². The van der Waals surface area contributed by atoms with Crippen LogP contribution < -0.4 is 10.9 Å². The zero-order valence-corrected chi connectivity index (χ0v) is 18.3. The summed E-state index contributed by atoms with van der Waals surface area (Å²) in [4.78, 5) is 0. The molecular formula is C13H27NO4Si4. The van der Waals surface area contributed by atoms with Gasteiger partial charge in [-0.05, 0) is 44.5 Å². The largest absolute Gasteiger partial charge is 0.416 e. The van der Waals surface area contributed by atoms with Crippen LogP contribution in [0.4, 0.5) is 0 Å². The van der Waals surface area contributed by atoms with E-state index < -0.39 is 34.2 Å². The Labute approximate surface area is 137 Å². The second kappa shape index (κ2) is 6.07. The Hall–Kier alpha value is -0.112. The molecule has 0 aromatic heterocycles. The average molecular weight is 374 g/mol. The summed E-state index contributed by atoms with van der Waals surface area (Å²) in [7, 11) is -9.83. The molecule has 1 aliphatic rings. The van der Waals surface area contributed by atoms with Crippen molar-refractivity contribution in [3.05, 3.63) is 30.3 Å². The highest BCUT2D eigenvalue weighted by Crippen LogP contribution is 2.30. The number of rotatable bonds is 2. The van der Waals surface area contributed by atoms with Crippen molar-refractivity contribution in [2.24, 2.45) is 5.73 Å². The second-order valence-electron chi connectivity index (χ2n) is 6.86. The van der Waals surface area contributed by atoms with Gasteiger partial charge in [0.2, 0.25) is 0 Å². The molecule has 1 heterocycles. The van der Waals surface area contributed by atoms with Crippen LogP contribution in [0.5, 0.6) is 0 Å². The molecule has 0 saturated carbocycles. The summed E-state index contributed by atoms with van der Waals surface area (Å²) in [5.74, 6) is 0. The average Bonchev–Trinajstić information content (AvgIpc) is 2.35. The molecule has 5 nitrogen and oxygen atoms in total. The van der Waals surface area contributed by atoms with Crippen molar-refractivity contribution >= 4 is 39.4 Å². The van der Waals surface area contributed by atoms with Crippen molar-refractivity contribution in [1.82, 2.24) is 0 Å². The van der Waals surface area contributed by atoms with Crippen molar-refractivity contribution in [3.63, 3.8) is 0 Å². The third kappa shape index (κ3) is 4.24. The van der Waals surface area contributed by atoms with E-state index in [0.717, 1.165) is 5.19 Å². The topological polar surface area (TPSA) is 62.9 Å². The lowest BCUT2D eigenvalue weighted by Crippen LogP contribution is -2.71. The minimum Gasteiger partial charge on any atom is -0.416 e. The molecular weight excluding hydrogens is 346 g/mol. The number of hydrogen-bond donors (Lipinski definition) is 1. The van der Waals surface area contributed by atoms with Crippen LogP contribution in [0.1, 0.15) is 0 Å². The predicted molar refractivity (Wildman–Crippen MR) is 97.7 cm³/mol. The van der Waals surface area contributed by atoms with Crippen molar-refractivity contribution in [3.8, 4) is 0 Å². The second-order valence-corrected chi connectivity index (χ2v) is 20.9. The Kier molecular flexibility index (Phi) is 5.03. The summed E-state index contributed by atoms with van der Waals surface area (Å²) in [6.45, 7) is 12.3. The molecule has 0 amide bonds. The molecule has 1 aliphatic heterocycles. The van der Waals surface area contributed by atoms with Gasteiger partial charge in [-0.2, -0.15) is 0 Å². The van der Waals surface area contributed by atoms with Crippen molar-refractivity contribution in [2.75, 3.05) is 6.17 Å². The van der Waals surface area contributed by atoms with Gasteiger partial charge in [-0.15, -0.1) is 0 Å². The van der Waals surface area contributed by atoms with Gasteiger partial charge < -0.3 is 22.2 Å². The van der Waals surface area contributed by atoms with Gasteiger partial charge in [-0.1, -0.05) is 30.3 Å². The van der Waals surface area contributed by atoms with Gasteiger partial charge in [-0.3, -0.25) is 0 Å². The molecule has 0 radical (unpaired) electrons. The SMILES string of the molecule is C[Si]1(C)O[Si](C)(C)O[Si](C)(c2ccccc2)O[Si](C)(CN)O1. The minimum atomic E-state index is -2.63. The van der Waals surface area contributed by atoms with Crippen LogP contribution in [0, 0.1) is 0 Å². The molecule has 2 N–H and O–H groups in total. The zero-order chi connectivity index (χ0) is 16.6. The van der Waals surface area contributed by atoms with Crippen LogP contribution >= 0.6 is 0 Å². The normalized spacial score (nSPS) is 34.7. The highest BCUT2D eigenvalue weighted by Gasteiger charge is 2.54. The fourth-order valence-corrected chi connectivity index (χ4v) is 23.5. The van der Waals surface area contributed by atoms with Gasteiger partial charge in [0, 0.05) is 6.17 Å². The highest BCUT2D eigenvalue weighted by atomic mass is 28.5. The summed E-state index contributed by atoms with van der Waals surface area (Å²) in [5.41, 5.74) is 6.00. The molecule has 1 fully saturated rings. The van der Waals surface area contributed by atoms with E-state index in [1.54, 1.807) is 0 Å². The van der Waals surface area contributed by atoms with E-state index >= 15 is 0 Å². The summed E-state index contributed by atoms with van der Waals surface area (Å²) >= 11 is 0. The van der Waals surface area contributed by atoms with E-state index in [-0.39, 0.29) is 0 Å². The van der Waals surface area contributed by atoms with Crippen LogP contribution in [0.3, 0.4) is 0 Å². The summed E-state index contributed by atoms with van der Waals surface area (Å²) in [6, 6.07) is 10.1. The monoisotopic (exact) mass is 373 g/mol. The maximum absolute atomic E-state index is 6.57.